The summed E-state index contributed by atoms with van der Waals surface area (Å²) >= 11 is 2.83. The number of carbonyl (C=O) groups is 2. The standard InChI is InChI=1S/C12H13N7O2S2/c1-12(2)7(8-15-17-18-16-8)19-10(21)6(11(19)23-12)14-9(20)5-3-13-22-4-5/h3-4,6-7,11H,1-2H3,(H,14,20)(H,15,16,17,18). The number of β-lactam (4-membered cyclic amide) rings is 1. The van der Waals surface area contributed by atoms with E-state index in [1.165, 1.54) is 17.7 Å². The average molecular weight is 351 g/mol. The highest BCUT2D eigenvalue weighted by Crippen LogP contribution is 2.56. The molecule has 23 heavy (non-hydrogen) atoms. The Bertz CT molecular complexity index is 746. The first-order valence-corrected chi connectivity index (χ1v) is 8.64. The van der Waals surface area contributed by atoms with E-state index in [1.54, 1.807) is 22.0 Å². The third-order valence-corrected chi connectivity index (χ3v) is 6.19. The van der Waals surface area contributed by atoms with Gasteiger partial charge in [0.05, 0.1) is 11.8 Å². The van der Waals surface area contributed by atoms with Gasteiger partial charge in [-0.3, -0.25) is 9.59 Å². The molecule has 11 heteroatoms. The Morgan fingerprint density at radius 1 is 1.48 bits per heavy atom. The molecule has 2 saturated heterocycles. The van der Waals surface area contributed by atoms with Gasteiger partial charge in [-0.05, 0) is 25.4 Å². The van der Waals surface area contributed by atoms with E-state index in [-0.39, 0.29) is 28.0 Å². The average Bonchev–Trinajstić information content (AvgIpc) is 3.23. The monoisotopic (exact) mass is 351 g/mol. The van der Waals surface area contributed by atoms with Crippen LogP contribution in [0.15, 0.2) is 11.6 Å². The maximum Gasteiger partial charge on any atom is 0.254 e. The number of rotatable bonds is 3. The zero-order chi connectivity index (χ0) is 16.2. The van der Waals surface area contributed by atoms with Crippen LogP contribution in [0.1, 0.15) is 36.1 Å². The maximum atomic E-state index is 12.5. The molecule has 120 valence electrons. The number of aromatic amines is 1. The van der Waals surface area contributed by atoms with Gasteiger partial charge in [0, 0.05) is 10.1 Å². The van der Waals surface area contributed by atoms with E-state index in [9.17, 15) is 9.59 Å². The van der Waals surface area contributed by atoms with Crippen LogP contribution in [0, 0.1) is 0 Å². The zero-order valence-electron chi connectivity index (χ0n) is 12.3. The van der Waals surface area contributed by atoms with Gasteiger partial charge in [-0.15, -0.1) is 22.0 Å². The molecule has 4 rings (SSSR count). The van der Waals surface area contributed by atoms with Crippen molar-refractivity contribution in [2.75, 3.05) is 0 Å². The summed E-state index contributed by atoms with van der Waals surface area (Å²) < 4.78 is 3.63. The molecule has 3 atom stereocenters. The fourth-order valence-corrected chi connectivity index (χ4v) is 5.14. The molecular weight excluding hydrogens is 338 g/mol. The lowest BCUT2D eigenvalue weighted by Gasteiger charge is -2.43. The van der Waals surface area contributed by atoms with E-state index >= 15 is 0 Å². The number of amides is 2. The minimum absolute atomic E-state index is 0.126. The number of tetrazole rings is 1. The Kier molecular flexibility index (Phi) is 3.17. The summed E-state index contributed by atoms with van der Waals surface area (Å²) in [5.74, 6) is 0.0859. The van der Waals surface area contributed by atoms with E-state index in [1.807, 2.05) is 13.8 Å². The number of hydrogen-bond donors (Lipinski definition) is 2. The topological polar surface area (TPSA) is 117 Å². The van der Waals surface area contributed by atoms with Gasteiger partial charge in [0.1, 0.15) is 17.5 Å². The van der Waals surface area contributed by atoms with Crippen LogP contribution >= 0.6 is 23.3 Å². The second-order valence-corrected chi connectivity index (χ2v) is 8.32. The molecule has 0 aromatic carbocycles. The van der Waals surface area contributed by atoms with Crippen molar-refractivity contribution in [2.24, 2.45) is 0 Å². The second-order valence-electron chi connectivity index (χ2n) is 5.89. The molecule has 0 radical (unpaired) electrons. The van der Waals surface area contributed by atoms with Gasteiger partial charge in [-0.25, -0.2) is 4.37 Å². The largest absolute Gasteiger partial charge is 0.338 e. The smallest absolute Gasteiger partial charge is 0.254 e. The molecule has 0 aliphatic carbocycles. The third kappa shape index (κ3) is 2.14. The lowest BCUT2D eigenvalue weighted by Crippen LogP contribution is -2.67. The number of nitrogens with one attached hydrogen (secondary N) is 2. The lowest BCUT2D eigenvalue weighted by molar-refractivity contribution is -0.148. The molecule has 0 saturated carbocycles. The van der Waals surface area contributed by atoms with Gasteiger partial charge in [0.2, 0.25) is 5.91 Å². The maximum absolute atomic E-state index is 12.5. The van der Waals surface area contributed by atoms with Crippen molar-refractivity contribution in [1.29, 1.82) is 0 Å². The molecule has 2 aliphatic rings. The SMILES string of the molecule is CC1(C)SC2C(NC(=O)c3cnsc3)C(=O)N2C1c1nn[nH]n1. The Morgan fingerprint density at radius 2 is 2.30 bits per heavy atom. The van der Waals surface area contributed by atoms with Gasteiger partial charge in [-0.2, -0.15) is 5.21 Å². The van der Waals surface area contributed by atoms with Crippen molar-refractivity contribution < 1.29 is 9.59 Å². The normalized spacial score (nSPS) is 28.3. The number of carbonyl (C=O) groups excluding carboxylic acids is 2. The number of fused-ring (bicyclic) bond motifs is 1. The molecule has 3 unspecified atom stereocenters. The Balaban J connectivity index is 1.55. The van der Waals surface area contributed by atoms with Crippen molar-refractivity contribution in [3.05, 3.63) is 23.0 Å². The molecule has 2 fully saturated rings. The van der Waals surface area contributed by atoms with Crippen LogP contribution < -0.4 is 5.32 Å². The number of thioether (sulfide) groups is 1. The predicted octanol–water partition coefficient (Wildman–Crippen LogP) is 0.190. The summed E-state index contributed by atoms with van der Waals surface area (Å²) in [5.41, 5.74) is 0.471. The summed E-state index contributed by atoms with van der Waals surface area (Å²) in [5, 5.41) is 18.4. The zero-order valence-corrected chi connectivity index (χ0v) is 13.9. The van der Waals surface area contributed by atoms with Crippen molar-refractivity contribution in [3.63, 3.8) is 0 Å². The summed E-state index contributed by atoms with van der Waals surface area (Å²) in [6.07, 6.45) is 1.49. The Hall–Kier alpha value is -2.01. The molecule has 2 aromatic heterocycles. The van der Waals surface area contributed by atoms with E-state index in [0.29, 0.717) is 11.4 Å². The van der Waals surface area contributed by atoms with Crippen molar-refractivity contribution >= 4 is 35.1 Å². The van der Waals surface area contributed by atoms with Crippen LogP contribution in [0.3, 0.4) is 0 Å². The number of nitrogens with zero attached hydrogens (tertiary/aromatic N) is 5. The van der Waals surface area contributed by atoms with Crippen LogP contribution in [-0.4, -0.2) is 57.9 Å². The highest BCUT2D eigenvalue weighted by Gasteiger charge is 2.63. The third-order valence-electron chi connectivity index (χ3n) is 4.03. The van der Waals surface area contributed by atoms with Crippen molar-refractivity contribution in [3.8, 4) is 0 Å². The molecule has 2 N–H and O–H groups in total. The first kappa shape index (κ1) is 14.6. The Labute approximate surface area is 139 Å². The van der Waals surface area contributed by atoms with Gasteiger partial charge < -0.3 is 10.2 Å². The van der Waals surface area contributed by atoms with E-state index < -0.39 is 6.04 Å². The Morgan fingerprint density at radius 3 is 2.96 bits per heavy atom. The lowest BCUT2D eigenvalue weighted by atomic mass is 9.95. The van der Waals surface area contributed by atoms with Gasteiger partial charge in [-0.1, -0.05) is 5.21 Å². The van der Waals surface area contributed by atoms with Crippen LogP contribution in [0.25, 0.3) is 0 Å². The van der Waals surface area contributed by atoms with Crippen LogP contribution in [-0.2, 0) is 4.79 Å². The summed E-state index contributed by atoms with van der Waals surface area (Å²) in [6.45, 7) is 4.07. The molecule has 2 aliphatic heterocycles. The molecule has 9 nitrogen and oxygen atoms in total. The fraction of sp³-hybridized carbons (Fsp3) is 0.500. The van der Waals surface area contributed by atoms with Crippen LogP contribution in [0.5, 0.6) is 0 Å². The second kappa shape index (κ2) is 4.99. The number of H-pyrrole nitrogens is 1. The van der Waals surface area contributed by atoms with Crippen molar-refractivity contribution in [2.45, 2.75) is 36.1 Å². The van der Waals surface area contributed by atoms with Gasteiger partial charge >= 0.3 is 0 Å². The van der Waals surface area contributed by atoms with Crippen molar-refractivity contribution in [1.82, 2.24) is 35.2 Å². The molecule has 2 aromatic rings. The fourth-order valence-electron chi connectivity index (χ4n) is 2.99. The first-order chi connectivity index (χ1) is 11.0. The van der Waals surface area contributed by atoms with E-state index in [4.69, 9.17) is 0 Å². The highest BCUT2D eigenvalue weighted by molar-refractivity contribution is 8.01. The summed E-state index contributed by atoms with van der Waals surface area (Å²) in [4.78, 5) is 26.4. The van der Waals surface area contributed by atoms with E-state index in [0.717, 1.165) is 0 Å². The van der Waals surface area contributed by atoms with Crippen LogP contribution in [0.2, 0.25) is 0 Å². The minimum Gasteiger partial charge on any atom is -0.338 e. The van der Waals surface area contributed by atoms with Crippen LogP contribution in [0.4, 0.5) is 0 Å². The number of aromatic nitrogens is 5. The van der Waals surface area contributed by atoms with Gasteiger partial charge in [0.15, 0.2) is 5.82 Å². The number of hydrogen-bond acceptors (Lipinski definition) is 8. The summed E-state index contributed by atoms with van der Waals surface area (Å²) in [6, 6.07) is -0.803. The summed E-state index contributed by atoms with van der Waals surface area (Å²) in [7, 11) is 0. The molecule has 2 amide bonds. The van der Waals surface area contributed by atoms with Gasteiger partial charge in [0.25, 0.3) is 5.91 Å². The quantitative estimate of drug-likeness (QED) is 0.758. The predicted molar refractivity (Wildman–Crippen MR) is 82.6 cm³/mol. The molecular formula is C12H13N7O2S2. The molecule has 0 spiro atoms. The molecule has 4 heterocycles. The minimum atomic E-state index is -0.538. The molecule has 0 bridgehead atoms. The highest BCUT2D eigenvalue weighted by atomic mass is 32.2. The first-order valence-electron chi connectivity index (χ1n) is 6.92. The van der Waals surface area contributed by atoms with E-state index in [2.05, 4.69) is 30.3 Å².